The molecule has 0 aliphatic carbocycles. The summed E-state index contributed by atoms with van der Waals surface area (Å²) in [7, 11) is 0. The quantitative estimate of drug-likeness (QED) is 0.490. The largest absolute Gasteiger partial charge is 0.268 e. The van der Waals surface area contributed by atoms with E-state index in [-0.39, 0.29) is 6.54 Å². The van der Waals surface area contributed by atoms with Gasteiger partial charge in [-0.2, -0.15) is 10.0 Å². The molecule has 1 aliphatic heterocycles. The molecule has 0 bridgehead atoms. The van der Waals surface area contributed by atoms with Crippen molar-refractivity contribution in [3.63, 3.8) is 0 Å². The third-order valence-corrected chi connectivity index (χ3v) is 5.29. The molecule has 0 radical (unpaired) electrons. The van der Waals surface area contributed by atoms with Crippen LogP contribution in [0.5, 0.6) is 0 Å². The number of nitrogens with zero attached hydrogens (tertiary/aromatic N) is 5. The third kappa shape index (κ3) is 2.69. The van der Waals surface area contributed by atoms with Crippen LogP contribution < -0.4 is 0 Å². The zero-order chi connectivity index (χ0) is 19.1. The Balaban J connectivity index is 1.80. The number of pyridine rings is 2. The summed E-state index contributed by atoms with van der Waals surface area (Å²) in [6.45, 7) is 3.08. The highest BCUT2D eigenvalue weighted by atomic mass is 16.3. The van der Waals surface area contributed by atoms with Gasteiger partial charge in [-0.15, -0.1) is 0 Å². The lowest BCUT2D eigenvalue weighted by atomic mass is 9.95. The van der Waals surface area contributed by atoms with Crippen molar-refractivity contribution in [1.82, 2.24) is 19.7 Å². The van der Waals surface area contributed by atoms with Crippen LogP contribution in [0.3, 0.4) is 0 Å². The fraction of sp³-hybridized carbons (Fsp3) is 0.227. The van der Waals surface area contributed by atoms with Crippen molar-refractivity contribution in [2.45, 2.75) is 32.9 Å². The van der Waals surface area contributed by atoms with Crippen LogP contribution in [0.1, 0.15) is 23.4 Å². The minimum atomic E-state index is 0.155. The molecule has 1 aliphatic rings. The number of aromatic nitrogens is 4. The number of aryl methyl sites for hydroxylation is 2. The summed E-state index contributed by atoms with van der Waals surface area (Å²) in [6, 6.07) is 13.9. The van der Waals surface area contributed by atoms with Crippen molar-refractivity contribution in [3.05, 3.63) is 70.5 Å². The second-order valence-corrected chi connectivity index (χ2v) is 7.16. The maximum atomic E-state index is 10.8. The predicted molar refractivity (Wildman–Crippen MR) is 109 cm³/mol. The van der Waals surface area contributed by atoms with Crippen molar-refractivity contribution in [3.8, 4) is 22.5 Å². The van der Waals surface area contributed by atoms with E-state index in [1.54, 1.807) is 0 Å². The summed E-state index contributed by atoms with van der Waals surface area (Å²) >= 11 is 0. The average molecular weight is 369 g/mol. The molecular formula is C22H19N5O. The molecule has 6 heteroatoms. The van der Waals surface area contributed by atoms with Crippen molar-refractivity contribution < 1.29 is 0 Å². The number of hydrogen-bond acceptors (Lipinski definition) is 5. The Morgan fingerprint density at radius 1 is 1.18 bits per heavy atom. The molecule has 0 fully saturated rings. The lowest BCUT2D eigenvalue weighted by Gasteiger charge is -2.10. The van der Waals surface area contributed by atoms with E-state index in [1.807, 2.05) is 55.6 Å². The van der Waals surface area contributed by atoms with Crippen LogP contribution >= 0.6 is 0 Å². The minimum absolute atomic E-state index is 0.155. The van der Waals surface area contributed by atoms with Gasteiger partial charge >= 0.3 is 0 Å². The van der Waals surface area contributed by atoms with Gasteiger partial charge in [0.1, 0.15) is 12.2 Å². The Bertz CT molecular complexity index is 1210. The summed E-state index contributed by atoms with van der Waals surface area (Å²) < 4.78 is 2.11. The van der Waals surface area contributed by atoms with Crippen LogP contribution in [0.2, 0.25) is 0 Å². The van der Waals surface area contributed by atoms with Crippen LogP contribution in [-0.4, -0.2) is 19.7 Å². The number of hydrogen-bond donors (Lipinski definition) is 0. The first kappa shape index (κ1) is 16.7. The van der Waals surface area contributed by atoms with Gasteiger partial charge in [-0.25, -0.2) is 0 Å². The van der Waals surface area contributed by atoms with E-state index in [0.717, 1.165) is 64.1 Å². The number of nitroso groups, excluding NO2 is 1. The Hall–Kier alpha value is -3.41. The van der Waals surface area contributed by atoms with Crippen molar-refractivity contribution in [2.75, 3.05) is 0 Å². The first-order valence-corrected chi connectivity index (χ1v) is 9.45. The molecule has 5 rings (SSSR count). The van der Waals surface area contributed by atoms with Gasteiger partial charge in [0.05, 0.1) is 11.2 Å². The highest BCUT2D eigenvalue weighted by Crippen LogP contribution is 2.39. The third-order valence-electron chi connectivity index (χ3n) is 5.29. The van der Waals surface area contributed by atoms with E-state index in [0.29, 0.717) is 0 Å². The molecule has 4 aromatic rings. The molecule has 138 valence electrons. The molecule has 0 saturated heterocycles. The molecule has 0 amide bonds. The van der Waals surface area contributed by atoms with Crippen LogP contribution in [-0.2, 0) is 19.5 Å². The monoisotopic (exact) mass is 369 g/mol. The van der Waals surface area contributed by atoms with Gasteiger partial charge in [0.15, 0.2) is 0 Å². The molecule has 0 atom stereocenters. The Morgan fingerprint density at radius 3 is 2.96 bits per heavy atom. The predicted octanol–water partition coefficient (Wildman–Crippen LogP) is 4.68. The Labute approximate surface area is 162 Å². The lowest BCUT2D eigenvalue weighted by Crippen LogP contribution is -1.95. The van der Waals surface area contributed by atoms with Crippen molar-refractivity contribution in [2.24, 2.45) is 5.18 Å². The summed E-state index contributed by atoms with van der Waals surface area (Å²) in [5.41, 5.74) is 7.99. The molecule has 1 aromatic carbocycles. The molecule has 0 spiro atoms. The molecule has 0 N–H and O–H groups in total. The molecule has 0 saturated carbocycles. The topological polar surface area (TPSA) is 73.0 Å². The van der Waals surface area contributed by atoms with Crippen LogP contribution in [0.15, 0.2) is 53.8 Å². The summed E-state index contributed by atoms with van der Waals surface area (Å²) in [6.07, 6.45) is 3.93. The zero-order valence-electron chi connectivity index (χ0n) is 15.6. The zero-order valence-corrected chi connectivity index (χ0v) is 15.6. The highest BCUT2D eigenvalue weighted by Gasteiger charge is 2.25. The van der Waals surface area contributed by atoms with Gasteiger partial charge in [-0.1, -0.05) is 17.3 Å². The molecular weight excluding hydrogens is 350 g/mol. The maximum absolute atomic E-state index is 10.8. The molecule has 6 nitrogen and oxygen atoms in total. The van der Waals surface area contributed by atoms with Gasteiger partial charge in [-0.3, -0.25) is 14.6 Å². The number of rotatable bonds is 4. The van der Waals surface area contributed by atoms with E-state index in [9.17, 15) is 4.91 Å². The first-order valence-electron chi connectivity index (χ1n) is 9.45. The number of benzene rings is 1. The second kappa shape index (κ2) is 6.64. The SMILES string of the molecule is Cc1cccc(-c2nn3c(c2-c2ccnc4ccc(CN=O)cc24)CCC3)n1. The average Bonchev–Trinajstić information content (AvgIpc) is 3.29. The molecule has 28 heavy (non-hydrogen) atoms. The fourth-order valence-corrected chi connectivity index (χ4v) is 4.05. The summed E-state index contributed by atoms with van der Waals surface area (Å²) in [5, 5.41) is 8.96. The van der Waals surface area contributed by atoms with Crippen molar-refractivity contribution >= 4 is 10.9 Å². The van der Waals surface area contributed by atoms with Crippen LogP contribution in [0.4, 0.5) is 0 Å². The Kier molecular flexibility index (Phi) is 3.97. The smallest absolute Gasteiger partial charge is 0.119 e. The van der Waals surface area contributed by atoms with E-state index in [1.165, 1.54) is 5.69 Å². The lowest BCUT2D eigenvalue weighted by molar-refractivity contribution is 0.658. The van der Waals surface area contributed by atoms with Gasteiger partial charge in [0.25, 0.3) is 0 Å². The molecule has 3 aromatic heterocycles. The molecule has 0 unspecified atom stereocenters. The highest BCUT2D eigenvalue weighted by molar-refractivity contribution is 5.99. The second-order valence-electron chi connectivity index (χ2n) is 7.16. The fourth-order valence-electron chi connectivity index (χ4n) is 4.05. The van der Waals surface area contributed by atoms with Crippen LogP contribution in [0.25, 0.3) is 33.4 Å². The first-order chi connectivity index (χ1) is 13.7. The normalized spacial score (nSPS) is 13.0. The van der Waals surface area contributed by atoms with E-state index < -0.39 is 0 Å². The van der Waals surface area contributed by atoms with Gasteiger partial charge in [-0.05, 0) is 61.2 Å². The van der Waals surface area contributed by atoms with Gasteiger partial charge in [0.2, 0.25) is 0 Å². The van der Waals surface area contributed by atoms with E-state index in [4.69, 9.17) is 10.1 Å². The Morgan fingerprint density at radius 2 is 2.11 bits per heavy atom. The number of fused-ring (bicyclic) bond motifs is 2. The van der Waals surface area contributed by atoms with E-state index >= 15 is 0 Å². The standard InChI is InChI=1S/C22H19N5O/c1-14-4-2-5-19(25-14)22-21(20-6-3-11-27(20)26-22)16-9-10-23-18-8-7-15(13-24-28)12-17(16)18/h2,4-5,7-10,12H,3,6,11,13H2,1H3. The maximum Gasteiger partial charge on any atom is 0.119 e. The van der Waals surface area contributed by atoms with Gasteiger partial charge in [0, 0.05) is 35.1 Å². The van der Waals surface area contributed by atoms with Gasteiger partial charge < -0.3 is 0 Å². The minimum Gasteiger partial charge on any atom is -0.268 e. The molecule has 4 heterocycles. The van der Waals surface area contributed by atoms with Crippen LogP contribution in [0, 0.1) is 11.8 Å². The van der Waals surface area contributed by atoms with E-state index in [2.05, 4.69) is 14.8 Å². The summed E-state index contributed by atoms with van der Waals surface area (Å²) in [4.78, 5) is 20.0. The van der Waals surface area contributed by atoms with Crippen molar-refractivity contribution in [1.29, 1.82) is 0 Å². The summed E-state index contributed by atoms with van der Waals surface area (Å²) in [5.74, 6) is 0.